The zero-order valence-electron chi connectivity index (χ0n) is 23.2. The maximum atomic E-state index is 13.8. The Kier molecular flexibility index (Phi) is 8.13. The van der Waals surface area contributed by atoms with Gasteiger partial charge in [0.15, 0.2) is 0 Å². The Morgan fingerprint density at radius 1 is 1.00 bits per heavy atom. The molecular weight excluding hydrogens is 462 g/mol. The van der Waals surface area contributed by atoms with E-state index >= 15 is 0 Å². The van der Waals surface area contributed by atoms with Gasteiger partial charge in [-0.3, -0.25) is 9.59 Å². The van der Waals surface area contributed by atoms with Crippen molar-refractivity contribution in [3.8, 4) is 0 Å². The average molecular weight is 511 g/mol. The van der Waals surface area contributed by atoms with Crippen LogP contribution in [-0.4, -0.2) is 31.6 Å². The summed E-state index contributed by atoms with van der Waals surface area (Å²) in [5.41, 5.74) is 0.181. The molecule has 0 aromatic carbocycles. The van der Waals surface area contributed by atoms with Gasteiger partial charge in [0, 0.05) is 25.2 Å². The van der Waals surface area contributed by atoms with Crippen LogP contribution in [0.15, 0.2) is 0 Å². The summed E-state index contributed by atoms with van der Waals surface area (Å²) in [4.78, 5) is 24.2. The average Bonchev–Trinajstić information content (AvgIpc) is 3.19. The van der Waals surface area contributed by atoms with Crippen molar-refractivity contribution in [1.82, 2.24) is 0 Å². The standard InChI is InChI=1S/C30H48F2O4/c1-7-20-24-16-19(28(31)32)12-14-30(24,5)23-13-15-29(4)21(17(2)8-11-25(34)35-6)9-10-22(29)26(23)27(20)36-18(3)33/h17,19-24,26-28H,7-16H2,1-6H3/t17-,19?,20-,21-,22+,23+,24+,26+,27-,29-,30-/m1/s1. The highest BCUT2D eigenvalue weighted by Crippen LogP contribution is 2.70. The van der Waals surface area contributed by atoms with Gasteiger partial charge in [0.1, 0.15) is 6.10 Å². The molecule has 0 bridgehead atoms. The Balaban J connectivity index is 1.66. The molecule has 4 aliphatic carbocycles. The summed E-state index contributed by atoms with van der Waals surface area (Å²) in [6, 6.07) is 0. The molecular formula is C30H48F2O4. The lowest BCUT2D eigenvalue weighted by Crippen LogP contribution is -2.62. The van der Waals surface area contributed by atoms with Crippen molar-refractivity contribution < 1.29 is 27.8 Å². The second-order valence-electron chi connectivity index (χ2n) is 13.2. The van der Waals surface area contributed by atoms with Crippen LogP contribution in [0.2, 0.25) is 0 Å². The highest BCUT2D eigenvalue weighted by molar-refractivity contribution is 5.69. The first-order chi connectivity index (χ1) is 17.0. The summed E-state index contributed by atoms with van der Waals surface area (Å²) in [7, 11) is 1.45. The maximum absolute atomic E-state index is 13.8. The van der Waals surface area contributed by atoms with Crippen molar-refractivity contribution >= 4 is 11.9 Å². The first-order valence-electron chi connectivity index (χ1n) is 14.5. The summed E-state index contributed by atoms with van der Waals surface area (Å²) >= 11 is 0. The molecule has 0 amide bonds. The number of hydrogen-bond acceptors (Lipinski definition) is 4. The molecule has 0 aromatic heterocycles. The Morgan fingerprint density at radius 2 is 1.67 bits per heavy atom. The fourth-order valence-corrected chi connectivity index (χ4v) is 10.2. The van der Waals surface area contributed by atoms with E-state index < -0.39 is 12.3 Å². The van der Waals surface area contributed by atoms with Crippen LogP contribution in [0, 0.1) is 58.2 Å². The van der Waals surface area contributed by atoms with E-state index in [1.165, 1.54) is 14.0 Å². The molecule has 0 heterocycles. The molecule has 206 valence electrons. The number of halogens is 2. The summed E-state index contributed by atoms with van der Waals surface area (Å²) in [6.07, 6.45) is 6.22. The number of fused-ring (bicyclic) bond motifs is 5. The number of hydrogen-bond donors (Lipinski definition) is 0. The third-order valence-corrected chi connectivity index (χ3v) is 11.9. The molecule has 0 saturated heterocycles. The largest absolute Gasteiger partial charge is 0.469 e. The van der Waals surface area contributed by atoms with Crippen LogP contribution in [0.3, 0.4) is 0 Å². The van der Waals surface area contributed by atoms with Gasteiger partial charge in [-0.05, 0) is 104 Å². The third-order valence-electron chi connectivity index (χ3n) is 11.9. The Morgan fingerprint density at radius 3 is 2.28 bits per heavy atom. The number of rotatable bonds is 7. The minimum absolute atomic E-state index is 0.0311. The molecule has 36 heavy (non-hydrogen) atoms. The number of alkyl halides is 2. The Hall–Kier alpha value is -1.20. The lowest BCUT2D eigenvalue weighted by Gasteiger charge is -2.65. The second-order valence-corrected chi connectivity index (χ2v) is 13.2. The van der Waals surface area contributed by atoms with E-state index in [-0.39, 0.29) is 40.7 Å². The predicted molar refractivity (Wildman–Crippen MR) is 135 cm³/mol. The van der Waals surface area contributed by atoms with Crippen LogP contribution < -0.4 is 0 Å². The zero-order valence-corrected chi connectivity index (χ0v) is 23.2. The van der Waals surface area contributed by atoms with Gasteiger partial charge in [-0.1, -0.05) is 27.7 Å². The SMILES string of the molecule is CC[C@H]1[C@@H](OC(C)=O)[C@@H]2[C@H](CC[C@]3(C)[C@@H]([C@H](C)CCC(=O)OC)CC[C@@H]23)[C@@]2(C)CCC(C(F)F)C[C@@H]12. The Labute approximate surface area is 216 Å². The van der Waals surface area contributed by atoms with Gasteiger partial charge in [-0.2, -0.15) is 0 Å². The number of carbonyl (C=O) groups excluding carboxylic acids is 2. The molecule has 11 atom stereocenters. The van der Waals surface area contributed by atoms with Crippen LogP contribution in [0.4, 0.5) is 8.78 Å². The van der Waals surface area contributed by atoms with Gasteiger partial charge in [0.25, 0.3) is 0 Å². The van der Waals surface area contributed by atoms with E-state index in [0.717, 1.165) is 44.9 Å². The molecule has 6 heteroatoms. The van der Waals surface area contributed by atoms with Crippen molar-refractivity contribution in [1.29, 1.82) is 0 Å². The molecule has 4 rings (SSSR count). The first-order valence-corrected chi connectivity index (χ1v) is 14.5. The third kappa shape index (κ3) is 4.61. The number of esters is 2. The molecule has 4 aliphatic rings. The number of methoxy groups -OCH3 is 1. The molecule has 4 saturated carbocycles. The van der Waals surface area contributed by atoms with E-state index in [9.17, 15) is 18.4 Å². The van der Waals surface area contributed by atoms with Crippen LogP contribution in [0.1, 0.15) is 98.8 Å². The smallest absolute Gasteiger partial charge is 0.305 e. The minimum Gasteiger partial charge on any atom is -0.469 e. The van der Waals surface area contributed by atoms with Gasteiger partial charge in [-0.15, -0.1) is 0 Å². The van der Waals surface area contributed by atoms with E-state index in [1.807, 2.05) is 0 Å². The predicted octanol–water partition coefficient (Wildman–Crippen LogP) is 7.29. The number of ether oxygens (including phenoxy) is 2. The summed E-state index contributed by atoms with van der Waals surface area (Å²) in [5, 5.41) is 0. The molecule has 0 radical (unpaired) electrons. The van der Waals surface area contributed by atoms with Gasteiger partial charge >= 0.3 is 11.9 Å². The quantitative estimate of drug-likeness (QED) is 0.337. The lowest BCUT2D eigenvalue weighted by molar-refractivity contribution is -0.217. The van der Waals surface area contributed by atoms with Crippen molar-refractivity contribution in [3.05, 3.63) is 0 Å². The number of carbonyl (C=O) groups is 2. The molecule has 4 nitrogen and oxygen atoms in total. The summed E-state index contributed by atoms with van der Waals surface area (Å²) < 4.78 is 38.8. The Bertz CT molecular complexity index is 817. The fourth-order valence-electron chi connectivity index (χ4n) is 10.2. The molecule has 1 unspecified atom stereocenters. The topological polar surface area (TPSA) is 52.6 Å². The van der Waals surface area contributed by atoms with Crippen LogP contribution in [0.25, 0.3) is 0 Å². The molecule has 0 N–H and O–H groups in total. The van der Waals surface area contributed by atoms with Gasteiger partial charge in [0.05, 0.1) is 7.11 Å². The van der Waals surface area contributed by atoms with Crippen molar-refractivity contribution in [2.75, 3.05) is 7.11 Å². The van der Waals surface area contributed by atoms with Crippen molar-refractivity contribution in [2.45, 2.75) is 111 Å². The molecule has 0 aromatic rings. The van der Waals surface area contributed by atoms with Gasteiger partial charge < -0.3 is 9.47 Å². The lowest BCUT2D eigenvalue weighted by atomic mass is 9.41. The van der Waals surface area contributed by atoms with Gasteiger partial charge in [0.2, 0.25) is 6.43 Å². The molecule has 0 spiro atoms. The highest BCUT2D eigenvalue weighted by atomic mass is 19.3. The first kappa shape index (κ1) is 27.8. The molecule has 0 aliphatic heterocycles. The van der Waals surface area contributed by atoms with Gasteiger partial charge in [-0.25, -0.2) is 8.78 Å². The van der Waals surface area contributed by atoms with Crippen LogP contribution in [-0.2, 0) is 19.1 Å². The normalized spacial score (nSPS) is 44.8. The highest BCUT2D eigenvalue weighted by Gasteiger charge is 2.66. The van der Waals surface area contributed by atoms with Crippen molar-refractivity contribution in [2.24, 2.45) is 58.2 Å². The van der Waals surface area contributed by atoms with Crippen LogP contribution in [0.5, 0.6) is 0 Å². The summed E-state index contributed by atoms with van der Waals surface area (Å²) in [6.45, 7) is 10.8. The van der Waals surface area contributed by atoms with E-state index in [0.29, 0.717) is 48.9 Å². The monoisotopic (exact) mass is 510 g/mol. The van der Waals surface area contributed by atoms with E-state index in [2.05, 4.69) is 27.7 Å². The van der Waals surface area contributed by atoms with Crippen molar-refractivity contribution in [3.63, 3.8) is 0 Å². The van der Waals surface area contributed by atoms with Crippen LogP contribution >= 0.6 is 0 Å². The zero-order chi connectivity index (χ0) is 26.4. The fraction of sp³-hybridized carbons (Fsp3) is 0.933. The molecule has 4 fully saturated rings. The van der Waals surface area contributed by atoms with E-state index in [1.54, 1.807) is 0 Å². The van der Waals surface area contributed by atoms with E-state index in [4.69, 9.17) is 9.47 Å². The minimum atomic E-state index is -2.27. The second kappa shape index (κ2) is 10.5. The maximum Gasteiger partial charge on any atom is 0.305 e. The summed E-state index contributed by atoms with van der Waals surface area (Å²) in [5.74, 6) is 1.53.